The molecule has 0 amide bonds. The number of hydrogen-bond donors (Lipinski definition) is 1. The standard InChI is InChI=1S/C14H13F3N4O/c15-14(16,17)13-19-11-4-6-21(8-10(11)12(22)20-13)7-9-3-1-2-5-18-9/h1-3,5H,4,6-8H2,(H,19,20,22). The third-order valence-electron chi connectivity index (χ3n) is 3.53. The van der Waals surface area contributed by atoms with E-state index in [1.165, 1.54) is 0 Å². The van der Waals surface area contributed by atoms with Crippen LogP contribution in [0.5, 0.6) is 0 Å². The SMILES string of the molecule is O=c1[nH]c(C(F)(F)F)nc2c1CN(Cc1ccccn1)CC2. The van der Waals surface area contributed by atoms with Crippen molar-refractivity contribution in [1.29, 1.82) is 0 Å². The molecule has 8 heteroatoms. The normalized spacial score (nSPS) is 15.6. The zero-order valence-corrected chi connectivity index (χ0v) is 11.5. The summed E-state index contributed by atoms with van der Waals surface area (Å²) in [6.07, 6.45) is -2.65. The molecule has 5 nitrogen and oxygen atoms in total. The van der Waals surface area contributed by atoms with Crippen molar-refractivity contribution >= 4 is 0 Å². The Kier molecular flexibility index (Phi) is 3.69. The minimum absolute atomic E-state index is 0.230. The van der Waals surface area contributed by atoms with Gasteiger partial charge in [0.15, 0.2) is 0 Å². The number of nitrogens with one attached hydrogen (secondary N) is 1. The lowest BCUT2D eigenvalue weighted by Gasteiger charge is -2.27. The Morgan fingerprint density at radius 2 is 2.14 bits per heavy atom. The molecule has 0 radical (unpaired) electrons. The van der Waals surface area contributed by atoms with Crippen LogP contribution in [0.25, 0.3) is 0 Å². The molecule has 22 heavy (non-hydrogen) atoms. The molecule has 3 heterocycles. The minimum atomic E-state index is -4.64. The number of nitrogens with zero attached hydrogens (tertiary/aromatic N) is 3. The Bertz CT molecular complexity index is 727. The van der Waals surface area contributed by atoms with E-state index in [0.29, 0.717) is 25.1 Å². The number of alkyl halides is 3. The third kappa shape index (κ3) is 3.01. The van der Waals surface area contributed by atoms with Gasteiger partial charge in [0.1, 0.15) is 0 Å². The monoisotopic (exact) mass is 310 g/mol. The predicted octanol–water partition coefficient (Wildman–Crippen LogP) is 1.74. The molecule has 0 spiro atoms. The van der Waals surface area contributed by atoms with Crippen LogP contribution in [0.1, 0.15) is 22.8 Å². The van der Waals surface area contributed by atoms with Crippen molar-refractivity contribution in [2.75, 3.05) is 6.54 Å². The average molecular weight is 310 g/mol. The van der Waals surface area contributed by atoms with E-state index in [1.54, 1.807) is 6.20 Å². The number of pyridine rings is 1. The molecule has 3 rings (SSSR count). The topological polar surface area (TPSA) is 61.9 Å². The summed E-state index contributed by atoms with van der Waals surface area (Å²) in [4.78, 5) is 23.5. The van der Waals surface area contributed by atoms with Gasteiger partial charge in [0.25, 0.3) is 5.56 Å². The van der Waals surface area contributed by atoms with Gasteiger partial charge in [0.2, 0.25) is 5.82 Å². The number of aromatic nitrogens is 3. The van der Waals surface area contributed by atoms with E-state index in [9.17, 15) is 18.0 Å². The molecule has 2 aromatic rings. The Morgan fingerprint density at radius 1 is 1.32 bits per heavy atom. The maximum absolute atomic E-state index is 12.7. The molecule has 0 aromatic carbocycles. The number of hydrogen-bond acceptors (Lipinski definition) is 4. The van der Waals surface area contributed by atoms with Crippen molar-refractivity contribution in [3.63, 3.8) is 0 Å². The summed E-state index contributed by atoms with van der Waals surface area (Å²) in [6.45, 7) is 1.35. The predicted molar refractivity (Wildman–Crippen MR) is 71.9 cm³/mol. The lowest BCUT2D eigenvalue weighted by molar-refractivity contribution is -0.145. The highest BCUT2D eigenvalue weighted by Gasteiger charge is 2.35. The van der Waals surface area contributed by atoms with Crippen molar-refractivity contribution in [2.24, 2.45) is 0 Å². The molecule has 0 saturated heterocycles. The number of aromatic amines is 1. The molecule has 0 fully saturated rings. The van der Waals surface area contributed by atoms with E-state index in [-0.39, 0.29) is 12.2 Å². The largest absolute Gasteiger partial charge is 0.449 e. The van der Waals surface area contributed by atoms with Crippen molar-refractivity contribution in [3.05, 3.63) is 57.5 Å². The van der Waals surface area contributed by atoms with Crippen molar-refractivity contribution in [3.8, 4) is 0 Å². The first-order valence-corrected chi connectivity index (χ1v) is 6.75. The molecule has 0 atom stereocenters. The lowest BCUT2D eigenvalue weighted by atomic mass is 10.1. The molecule has 0 aliphatic carbocycles. The summed E-state index contributed by atoms with van der Waals surface area (Å²) in [5.74, 6) is -1.23. The van der Waals surface area contributed by atoms with Gasteiger partial charge in [0.05, 0.1) is 17.0 Å². The number of halogens is 3. The molecule has 0 saturated carbocycles. The average Bonchev–Trinajstić information content (AvgIpc) is 2.48. The Hall–Kier alpha value is -2.22. The second-order valence-electron chi connectivity index (χ2n) is 5.12. The van der Waals surface area contributed by atoms with Crippen molar-refractivity contribution in [1.82, 2.24) is 19.9 Å². The molecule has 116 valence electrons. The minimum Gasteiger partial charge on any atom is -0.303 e. The van der Waals surface area contributed by atoms with Gasteiger partial charge in [-0.15, -0.1) is 0 Å². The van der Waals surface area contributed by atoms with Crippen LogP contribution in [0.2, 0.25) is 0 Å². The summed E-state index contributed by atoms with van der Waals surface area (Å²) >= 11 is 0. The maximum atomic E-state index is 12.7. The molecular weight excluding hydrogens is 297 g/mol. The van der Waals surface area contributed by atoms with E-state index >= 15 is 0 Å². The van der Waals surface area contributed by atoms with Gasteiger partial charge in [-0.1, -0.05) is 6.07 Å². The summed E-state index contributed by atoms with van der Waals surface area (Å²) < 4.78 is 38.0. The summed E-state index contributed by atoms with van der Waals surface area (Å²) in [7, 11) is 0. The summed E-state index contributed by atoms with van der Waals surface area (Å²) in [5, 5.41) is 0. The van der Waals surface area contributed by atoms with Gasteiger partial charge in [-0.25, -0.2) is 4.98 Å². The van der Waals surface area contributed by atoms with Gasteiger partial charge in [0, 0.05) is 32.3 Å². The van der Waals surface area contributed by atoms with E-state index in [2.05, 4.69) is 9.97 Å². The van der Waals surface area contributed by atoms with Crippen molar-refractivity contribution in [2.45, 2.75) is 25.7 Å². The van der Waals surface area contributed by atoms with Gasteiger partial charge >= 0.3 is 6.18 Å². The van der Waals surface area contributed by atoms with Gasteiger partial charge in [-0.3, -0.25) is 14.7 Å². The van der Waals surface area contributed by atoms with Crippen LogP contribution in [0, 0.1) is 0 Å². The molecule has 1 aliphatic rings. The zero-order valence-electron chi connectivity index (χ0n) is 11.5. The van der Waals surface area contributed by atoms with Crippen LogP contribution in [-0.2, 0) is 25.7 Å². The fourth-order valence-corrected chi connectivity index (χ4v) is 2.47. The number of rotatable bonds is 2. The fourth-order valence-electron chi connectivity index (χ4n) is 2.47. The van der Waals surface area contributed by atoms with Gasteiger partial charge in [-0.2, -0.15) is 13.2 Å². The van der Waals surface area contributed by atoms with Crippen LogP contribution in [0.15, 0.2) is 29.2 Å². The second kappa shape index (κ2) is 5.53. The molecule has 1 N–H and O–H groups in total. The highest BCUT2D eigenvalue weighted by Crippen LogP contribution is 2.26. The quantitative estimate of drug-likeness (QED) is 0.918. The van der Waals surface area contributed by atoms with Crippen molar-refractivity contribution < 1.29 is 13.2 Å². The van der Waals surface area contributed by atoms with Crippen LogP contribution in [0.3, 0.4) is 0 Å². The molecule has 1 aliphatic heterocycles. The molecule has 0 unspecified atom stereocenters. The van der Waals surface area contributed by atoms with Crippen LogP contribution in [-0.4, -0.2) is 26.4 Å². The number of H-pyrrole nitrogens is 1. The van der Waals surface area contributed by atoms with Gasteiger partial charge < -0.3 is 4.98 Å². The first kappa shape index (κ1) is 14.7. The summed E-state index contributed by atoms with van der Waals surface area (Å²) in [6, 6.07) is 5.54. The smallest absolute Gasteiger partial charge is 0.303 e. The van der Waals surface area contributed by atoms with E-state index in [1.807, 2.05) is 28.1 Å². The second-order valence-corrected chi connectivity index (χ2v) is 5.12. The highest BCUT2D eigenvalue weighted by atomic mass is 19.4. The Morgan fingerprint density at radius 3 is 2.82 bits per heavy atom. The third-order valence-corrected chi connectivity index (χ3v) is 3.53. The zero-order chi connectivity index (χ0) is 15.7. The maximum Gasteiger partial charge on any atom is 0.449 e. The first-order chi connectivity index (χ1) is 10.4. The molecular formula is C14H13F3N4O. The Labute approximate surface area is 123 Å². The fraction of sp³-hybridized carbons (Fsp3) is 0.357. The van der Waals surface area contributed by atoms with Crippen LogP contribution in [0.4, 0.5) is 13.2 Å². The van der Waals surface area contributed by atoms with E-state index < -0.39 is 17.6 Å². The number of fused-ring (bicyclic) bond motifs is 1. The molecule has 2 aromatic heterocycles. The van der Waals surface area contributed by atoms with E-state index in [4.69, 9.17) is 0 Å². The van der Waals surface area contributed by atoms with Crippen LogP contribution < -0.4 is 5.56 Å². The Balaban J connectivity index is 1.83. The summed E-state index contributed by atoms with van der Waals surface area (Å²) in [5.41, 5.74) is 0.661. The highest BCUT2D eigenvalue weighted by molar-refractivity contribution is 5.21. The van der Waals surface area contributed by atoms with E-state index in [0.717, 1.165) is 5.69 Å². The first-order valence-electron chi connectivity index (χ1n) is 6.75. The lowest BCUT2D eigenvalue weighted by Crippen LogP contribution is -2.36. The van der Waals surface area contributed by atoms with Crippen LogP contribution >= 0.6 is 0 Å². The van der Waals surface area contributed by atoms with Gasteiger partial charge in [-0.05, 0) is 12.1 Å². The molecule has 0 bridgehead atoms.